The molecule has 0 aliphatic rings. The fourth-order valence-electron chi connectivity index (χ4n) is 1.43. The summed E-state index contributed by atoms with van der Waals surface area (Å²) in [5.41, 5.74) is -0.261. The van der Waals surface area contributed by atoms with Gasteiger partial charge in [-0.25, -0.2) is 18.7 Å². The zero-order valence-corrected chi connectivity index (χ0v) is 10.5. The van der Waals surface area contributed by atoms with Crippen molar-refractivity contribution in [3.05, 3.63) is 47.4 Å². The molecule has 98 valence electrons. The van der Waals surface area contributed by atoms with Crippen molar-refractivity contribution >= 4 is 30.4 Å². The number of hydrogen-bond donors (Lipinski definition) is 2. The molecule has 1 N–H and O–H groups in total. The van der Waals surface area contributed by atoms with Gasteiger partial charge in [0.05, 0.1) is 11.3 Å². The number of thiol groups is 1. The minimum atomic E-state index is -0.775. The molecule has 0 amide bonds. The monoisotopic (exact) mass is 281 g/mol. The minimum Gasteiger partial charge on any atom is -0.335 e. The normalized spacial score (nSPS) is 10.3. The van der Waals surface area contributed by atoms with Gasteiger partial charge < -0.3 is 5.32 Å². The van der Waals surface area contributed by atoms with E-state index in [9.17, 15) is 13.6 Å². The molecule has 7 heteroatoms. The standard InChI is InChI=1S/C12H9F2N3OS/c13-8-2-1-3-9(14)11(8)17-12-7(5-18)4-15-10(6-19)16-12/h1-5,19H,6H2,(H,15,16,17). The van der Waals surface area contributed by atoms with E-state index in [1.807, 2.05) is 0 Å². The molecule has 2 rings (SSSR count). The number of anilines is 2. The molecule has 4 nitrogen and oxygen atoms in total. The molecule has 0 bridgehead atoms. The van der Waals surface area contributed by atoms with Crippen molar-refractivity contribution in [1.82, 2.24) is 9.97 Å². The molecule has 1 heterocycles. The topological polar surface area (TPSA) is 54.9 Å². The molecule has 1 aromatic heterocycles. The molecule has 0 aliphatic heterocycles. The summed E-state index contributed by atoms with van der Waals surface area (Å²) in [6, 6.07) is 3.45. The van der Waals surface area contributed by atoms with Crippen molar-refractivity contribution in [1.29, 1.82) is 0 Å². The summed E-state index contributed by atoms with van der Waals surface area (Å²) in [5.74, 6) is -0.926. The molecule has 0 unspecified atom stereocenters. The first-order valence-electron chi connectivity index (χ1n) is 5.28. The molecule has 2 aromatic rings. The maximum Gasteiger partial charge on any atom is 0.155 e. The van der Waals surface area contributed by atoms with E-state index in [0.717, 1.165) is 12.1 Å². The van der Waals surface area contributed by atoms with Gasteiger partial charge in [-0.3, -0.25) is 4.79 Å². The predicted molar refractivity (Wildman–Crippen MR) is 69.8 cm³/mol. The Balaban J connectivity index is 2.45. The van der Waals surface area contributed by atoms with Gasteiger partial charge in [0.1, 0.15) is 29.0 Å². The second-order valence-electron chi connectivity index (χ2n) is 3.59. The van der Waals surface area contributed by atoms with Gasteiger partial charge in [-0.2, -0.15) is 12.6 Å². The highest BCUT2D eigenvalue weighted by atomic mass is 32.1. The first kappa shape index (κ1) is 13.4. The lowest BCUT2D eigenvalue weighted by atomic mass is 10.2. The molecule has 19 heavy (non-hydrogen) atoms. The van der Waals surface area contributed by atoms with Crippen LogP contribution >= 0.6 is 12.6 Å². The number of carbonyl (C=O) groups is 1. The van der Waals surface area contributed by atoms with E-state index < -0.39 is 11.6 Å². The van der Waals surface area contributed by atoms with E-state index in [2.05, 4.69) is 27.9 Å². The second-order valence-corrected chi connectivity index (χ2v) is 3.90. The molecule has 1 aromatic carbocycles. The van der Waals surface area contributed by atoms with Gasteiger partial charge in [0.25, 0.3) is 0 Å². The Labute approximate surface area is 113 Å². The van der Waals surface area contributed by atoms with Gasteiger partial charge in [0.2, 0.25) is 0 Å². The first-order valence-corrected chi connectivity index (χ1v) is 5.92. The van der Waals surface area contributed by atoms with Gasteiger partial charge >= 0.3 is 0 Å². The van der Waals surface area contributed by atoms with E-state index in [4.69, 9.17) is 0 Å². The molecule has 0 aliphatic carbocycles. The van der Waals surface area contributed by atoms with Crippen molar-refractivity contribution in [2.24, 2.45) is 0 Å². The fourth-order valence-corrected chi connectivity index (χ4v) is 1.58. The first-order chi connectivity index (χ1) is 9.15. The fraction of sp³-hybridized carbons (Fsp3) is 0.0833. The number of para-hydroxylation sites is 1. The van der Waals surface area contributed by atoms with Crippen LogP contribution in [0.25, 0.3) is 0 Å². The molecule has 0 atom stereocenters. The third-order valence-corrected chi connectivity index (χ3v) is 2.62. The van der Waals surface area contributed by atoms with E-state index in [1.165, 1.54) is 12.3 Å². The molecular weight excluding hydrogens is 272 g/mol. The summed E-state index contributed by atoms with van der Waals surface area (Å²) in [6.45, 7) is 0. The summed E-state index contributed by atoms with van der Waals surface area (Å²) in [4.78, 5) is 18.7. The van der Waals surface area contributed by atoms with Gasteiger partial charge in [-0.05, 0) is 12.1 Å². The molecule has 0 spiro atoms. The van der Waals surface area contributed by atoms with Crippen LogP contribution in [0.2, 0.25) is 0 Å². The number of nitrogens with one attached hydrogen (secondary N) is 1. The van der Waals surface area contributed by atoms with Crippen LogP contribution < -0.4 is 5.32 Å². The lowest BCUT2D eigenvalue weighted by molar-refractivity contribution is 0.112. The van der Waals surface area contributed by atoms with E-state index in [-0.39, 0.29) is 22.8 Å². The van der Waals surface area contributed by atoms with Crippen molar-refractivity contribution < 1.29 is 13.6 Å². The Kier molecular flexibility index (Phi) is 4.06. The number of hydrogen-bond acceptors (Lipinski definition) is 5. The molecule has 0 saturated heterocycles. The number of carbonyl (C=O) groups excluding carboxylic acids is 1. The number of aromatic nitrogens is 2. The molecule has 0 radical (unpaired) electrons. The van der Waals surface area contributed by atoms with Crippen LogP contribution in [0, 0.1) is 11.6 Å². The number of nitrogens with zero attached hydrogens (tertiary/aromatic N) is 2. The summed E-state index contributed by atoms with van der Waals surface area (Å²) >= 11 is 4.00. The van der Waals surface area contributed by atoms with Crippen LogP contribution in [0.4, 0.5) is 20.3 Å². The minimum absolute atomic E-state index is 0.0399. The van der Waals surface area contributed by atoms with Crippen molar-refractivity contribution in [2.75, 3.05) is 5.32 Å². The Morgan fingerprint density at radius 2 is 2.00 bits per heavy atom. The zero-order chi connectivity index (χ0) is 13.8. The Morgan fingerprint density at radius 1 is 1.32 bits per heavy atom. The van der Waals surface area contributed by atoms with Crippen molar-refractivity contribution in [3.63, 3.8) is 0 Å². The molecule has 0 fully saturated rings. The maximum atomic E-state index is 13.5. The lowest BCUT2D eigenvalue weighted by Gasteiger charge is -2.10. The molecular formula is C12H9F2N3OS. The zero-order valence-electron chi connectivity index (χ0n) is 9.60. The largest absolute Gasteiger partial charge is 0.335 e. The number of rotatable bonds is 4. The highest BCUT2D eigenvalue weighted by Crippen LogP contribution is 2.23. The summed E-state index contributed by atoms with van der Waals surface area (Å²) in [6.07, 6.45) is 1.77. The average molecular weight is 281 g/mol. The highest BCUT2D eigenvalue weighted by molar-refractivity contribution is 7.79. The third-order valence-electron chi connectivity index (χ3n) is 2.34. The van der Waals surface area contributed by atoms with E-state index in [1.54, 1.807) is 0 Å². The average Bonchev–Trinajstić information content (AvgIpc) is 2.42. The van der Waals surface area contributed by atoms with Gasteiger partial charge in [-0.15, -0.1) is 0 Å². The Morgan fingerprint density at radius 3 is 2.58 bits per heavy atom. The lowest BCUT2D eigenvalue weighted by Crippen LogP contribution is -2.05. The number of benzene rings is 1. The number of halogens is 2. The van der Waals surface area contributed by atoms with Crippen LogP contribution in [0.3, 0.4) is 0 Å². The number of aldehydes is 1. The smallest absolute Gasteiger partial charge is 0.155 e. The van der Waals surface area contributed by atoms with Crippen LogP contribution in [-0.4, -0.2) is 16.3 Å². The Hall–Kier alpha value is -2.02. The summed E-state index contributed by atoms with van der Waals surface area (Å²) in [5, 5.41) is 2.47. The summed E-state index contributed by atoms with van der Waals surface area (Å²) in [7, 11) is 0. The van der Waals surface area contributed by atoms with Crippen molar-refractivity contribution in [2.45, 2.75) is 5.75 Å². The van der Waals surface area contributed by atoms with Crippen LogP contribution in [-0.2, 0) is 5.75 Å². The quantitative estimate of drug-likeness (QED) is 0.668. The second kappa shape index (κ2) is 5.75. The molecule has 0 saturated carbocycles. The van der Waals surface area contributed by atoms with Gasteiger partial charge in [-0.1, -0.05) is 6.07 Å². The predicted octanol–water partition coefficient (Wildman–Crippen LogP) is 2.74. The van der Waals surface area contributed by atoms with Crippen LogP contribution in [0.15, 0.2) is 24.4 Å². The Bertz CT molecular complexity index is 602. The van der Waals surface area contributed by atoms with Crippen LogP contribution in [0.5, 0.6) is 0 Å². The maximum absolute atomic E-state index is 13.5. The van der Waals surface area contributed by atoms with Crippen LogP contribution in [0.1, 0.15) is 16.2 Å². The highest BCUT2D eigenvalue weighted by Gasteiger charge is 2.12. The van der Waals surface area contributed by atoms with Gasteiger partial charge in [0.15, 0.2) is 6.29 Å². The SMILES string of the molecule is O=Cc1cnc(CS)nc1Nc1c(F)cccc1F. The van der Waals surface area contributed by atoms with Crippen molar-refractivity contribution in [3.8, 4) is 0 Å². The van der Waals surface area contributed by atoms with E-state index in [0.29, 0.717) is 12.1 Å². The summed E-state index contributed by atoms with van der Waals surface area (Å²) < 4.78 is 27.0. The van der Waals surface area contributed by atoms with Gasteiger partial charge in [0, 0.05) is 6.20 Å². The third kappa shape index (κ3) is 2.87. The van der Waals surface area contributed by atoms with E-state index >= 15 is 0 Å².